The lowest BCUT2D eigenvalue weighted by Gasteiger charge is -2.18. The highest BCUT2D eigenvalue weighted by atomic mass is 32.2. The third kappa shape index (κ3) is 7.35. The molecule has 3 aromatic rings. The zero-order valence-corrected chi connectivity index (χ0v) is 22.1. The molecule has 0 aromatic heterocycles. The van der Waals surface area contributed by atoms with Crippen LogP contribution in [-0.4, -0.2) is 49.1 Å². The largest absolute Gasteiger partial charge is 0.480 e. The maximum atomic E-state index is 13.2. The summed E-state index contributed by atoms with van der Waals surface area (Å²) in [5, 5.41) is 12.3. The molecule has 0 aliphatic heterocycles. The van der Waals surface area contributed by atoms with E-state index in [4.69, 9.17) is 4.74 Å². The average molecular weight is 507 g/mol. The first-order valence-electron chi connectivity index (χ1n) is 11.9. The standard InChI is InChI=1S/C29H34N2O4S/c1-20-8-5-6-11-24(20)26-17-22(19-35-18-21-9-7-10-23(16-21)31(2)3)12-13-25(26)28(32)30-27(29(33)34)14-15-36-4/h5-13,16-17,27H,14-15,18-19H2,1-4H3,(H,30,32)(H,33,34)/t27-/m0/s1. The minimum Gasteiger partial charge on any atom is -0.480 e. The first-order valence-corrected chi connectivity index (χ1v) is 13.2. The van der Waals surface area contributed by atoms with Crippen LogP contribution in [0.25, 0.3) is 11.1 Å². The summed E-state index contributed by atoms with van der Waals surface area (Å²) in [6.45, 7) is 2.86. The van der Waals surface area contributed by atoms with E-state index in [9.17, 15) is 14.7 Å². The summed E-state index contributed by atoms with van der Waals surface area (Å²) in [6, 6.07) is 20.7. The van der Waals surface area contributed by atoms with Crippen LogP contribution >= 0.6 is 11.8 Å². The van der Waals surface area contributed by atoms with Gasteiger partial charge < -0.3 is 20.1 Å². The number of thioether (sulfide) groups is 1. The van der Waals surface area contributed by atoms with E-state index in [1.54, 1.807) is 17.8 Å². The second-order valence-electron chi connectivity index (χ2n) is 8.90. The van der Waals surface area contributed by atoms with Crippen molar-refractivity contribution in [3.63, 3.8) is 0 Å². The molecule has 2 N–H and O–H groups in total. The molecule has 0 aliphatic carbocycles. The number of amides is 1. The maximum absolute atomic E-state index is 13.2. The quantitative estimate of drug-likeness (QED) is 0.343. The Morgan fingerprint density at radius 1 is 0.972 bits per heavy atom. The van der Waals surface area contributed by atoms with Crippen LogP contribution in [0.3, 0.4) is 0 Å². The Balaban J connectivity index is 1.83. The number of carboxylic acid groups (broad SMARTS) is 1. The number of anilines is 1. The summed E-state index contributed by atoms with van der Waals surface area (Å²) < 4.78 is 6.00. The third-order valence-electron chi connectivity index (χ3n) is 5.94. The number of ether oxygens (including phenoxy) is 1. The molecular weight excluding hydrogens is 472 g/mol. The molecule has 0 heterocycles. The van der Waals surface area contributed by atoms with Gasteiger partial charge in [-0.1, -0.05) is 42.5 Å². The average Bonchev–Trinajstić information content (AvgIpc) is 2.86. The molecule has 0 saturated carbocycles. The van der Waals surface area contributed by atoms with E-state index in [0.29, 0.717) is 31.0 Å². The van der Waals surface area contributed by atoms with E-state index >= 15 is 0 Å². The fraction of sp³-hybridized carbons (Fsp3) is 0.310. The van der Waals surface area contributed by atoms with Gasteiger partial charge in [0, 0.05) is 25.3 Å². The van der Waals surface area contributed by atoms with Crippen molar-refractivity contribution in [1.82, 2.24) is 5.32 Å². The zero-order valence-electron chi connectivity index (χ0n) is 21.3. The molecule has 36 heavy (non-hydrogen) atoms. The van der Waals surface area contributed by atoms with Crippen LogP contribution in [0.4, 0.5) is 5.69 Å². The van der Waals surface area contributed by atoms with Crippen molar-refractivity contribution in [1.29, 1.82) is 0 Å². The fourth-order valence-corrected chi connectivity index (χ4v) is 4.39. The summed E-state index contributed by atoms with van der Waals surface area (Å²) in [5.41, 5.74) is 6.30. The van der Waals surface area contributed by atoms with Crippen LogP contribution in [0.5, 0.6) is 0 Å². The molecule has 0 bridgehead atoms. The molecular formula is C29H34N2O4S. The lowest BCUT2D eigenvalue weighted by molar-refractivity contribution is -0.139. The number of aliphatic carboxylic acids is 1. The normalized spacial score (nSPS) is 11.7. The Hall–Kier alpha value is -3.29. The first kappa shape index (κ1) is 27.3. The van der Waals surface area contributed by atoms with Gasteiger partial charge in [-0.2, -0.15) is 11.8 Å². The number of hydrogen-bond donors (Lipinski definition) is 2. The number of carbonyl (C=O) groups excluding carboxylic acids is 1. The van der Waals surface area contributed by atoms with Crippen LogP contribution in [0.2, 0.25) is 0 Å². The summed E-state index contributed by atoms with van der Waals surface area (Å²) >= 11 is 1.55. The Bertz CT molecular complexity index is 1200. The molecule has 0 spiro atoms. The van der Waals surface area contributed by atoms with Crippen molar-refractivity contribution < 1.29 is 19.4 Å². The second-order valence-corrected chi connectivity index (χ2v) is 9.88. The topological polar surface area (TPSA) is 78.9 Å². The minimum atomic E-state index is -1.03. The number of hydrogen-bond acceptors (Lipinski definition) is 5. The second kappa shape index (κ2) is 13.1. The fourth-order valence-electron chi connectivity index (χ4n) is 3.92. The molecule has 0 saturated heterocycles. The first-order chi connectivity index (χ1) is 17.3. The van der Waals surface area contributed by atoms with Gasteiger partial charge in [0.15, 0.2) is 0 Å². The van der Waals surface area contributed by atoms with E-state index in [0.717, 1.165) is 33.5 Å². The van der Waals surface area contributed by atoms with E-state index in [2.05, 4.69) is 22.3 Å². The summed E-state index contributed by atoms with van der Waals surface area (Å²) in [4.78, 5) is 26.9. The van der Waals surface area contributed by atoms with E-state index in [1.807, 2.05) is 75.8 Å². The summed E-state index contributed by atoms with van der Waals surface area (Å²) in [7, 11) is 4.01. The summed E-state index contributed by atoms with van der Waals surface area (Å²) in [5.74, 6) is -0.775. The highest BCUT2D eigenvalue weighted by molar-refractivity contribution is 7.98. The minimum absolute atomic E-state index is 0.364. The lowest BCUT2D eigenvalue weighted by Crippen LogP contribution is -2.41. The van der Waals surface area contributed by atoms with Gasteiger partial charge in [0.25, 0.3) is 5.91 Å². The smallest absolute Gasteiger partial charge is 0.326 e. The number of carbonyl (C=O) groups is 2. The van der Waals surface area contributed by atoms with Crippen molar-refractivity contribution in [3.8, 4) is 11.1 Å². The van der Waals surface area contributed by atoms with Crippen molar-refractivity contribution in [2.45, 2.75) is 32.6 Å². The number of aryl methyl sites for hydroxylation is 1. The molecule has 0 unspecified atom stereocenters. The summed E-state index contributed by atoms with van der Waals surface area (Å²) in [6.07, 6.45) is 2.28. The Morgan fingerprint density at radius 2 is 1.69 bits per heavy atom. The van der Waals surface area contributed by atoms with Gasteiger partial charge >= 0.3 is 5.97 Å². The van der Waals surface area contributed by atoms with Gasteiger partial charge in [-0.25, -0.2) is 4.79 Å². The molecule has 6 nitrogen and oxygen atoms in total. The van der Waals surface area contributed by atoms with Crippen LogP contribution in [0, 0.1) is 6.92 Å². The Morgan fingerprint density at radius 3 is 2.36 bits per heavy atom. The van der Waals surface area contributed by atoms with Gasteiger partial charge in [-0.3, -0.25) is 4.79 Å². The van der Waals surface area contributed by atoms with E-state index in [1.165, 1.54) is 0 Å². The van der Waals surface area contributed by atoms with Gasteiger partial charge in [-0.15, -0.1) is 0 Å². The van der Waals surface area contributed by atoms with Gasteiger partial charge in [0.05, 0.1) is 13.2 Å². The SMILES string of the molecule is CSCC[C@H](NC(=O)c1ccc(COCc2cccc(N(C)C)c2)cc1-c1ccccc1C)C(=O)O. The molecule has 0 fully saturated rings. The van der Waals surface area contributed by atoms with Crippen LogP contribution < -0.4 is 10.2 Å². The number of rotatable bonds is 12. The molecule has 0 aliphatic rings. The maximum Gasteiger partial charge on any atom is 0.326 e. The molecule has 1 amide bonds. The molecule has 3 aromatic carbocycles. The Labute approximate surface area is 217 Å². The monoisotopic (exact) mass is 506 g/mol. The van der Waals surface area contributed by atoms with Gasteiger partial charge in [0.2, 0.25) is 0 Å². The van der Waals surface area contributed by atoms with Crippen LogP contribution in [0.15, 0.2) is 66.7 Å². The Kier molecular flexibility index (Phi) is 9.96. The lowest BCUT2D eigenvalue weighted by atomic mass is 9.93. The number of benzene rings is 3. The molecule has 7 heteroatoms. The number of nitrogens with zero attached hydrogens (tertiary/aromatic N) is 1. The predicted molar refractivity (Wildman–Crippen MR) is 148 cm³/mol. The predicted octanol–water partition coefficient (Wildman–Crippen LogP) is 5.38. The molecule has 0 radical (unpaired) electrons. The van der Waals surface area contributed by atoms with Gasteiger partial charge in [0.1, 0.15) is 6.04 Å². The van der Waals surface area contributed by atoms with Gasteiger partial charge in [-0.05, 0) is 77.4 Å². The number of nitrogens with one attached hydrogen (secondary N) is 1. The highest BCUT2D eigenvalue weighted by Crippen LogP contribution is 2.29. The van der Waals surface area contributed by atoms with Crippen molar-refractivity contribution in [2.75, 3.05) is 31.0 Å². The molecule has 190 valence electrons. The molecule has 1 atom stereocenters. The van der Waals surface area contributed by atoms with Crippen molar-refractivity contribution >= 4 is 29.3 Å². The van der Waals surface area contributed by atoms with E-state index in [-0.39, 0.29) is 0 Å². The third-order valence-corrected chi connectivity index (χ3v) is 6.59. The van der Waals surface area contributed by atoms with Crippen molar-refractivity contribution in [2.24, 2.45) is 0 Å². The van der Waals surface area contributed by atoms with Crippen molar-refractivity contribution in [3.05, 3.63) is 89.0 Å². The zero-order chi connectivity index (χ0) is 26.1. The molecule has 3 rings (SSSR count). The van der Waals surface area contributed by atoms with Crippen LogP contribution in [0.1, 0.15) is 33.5 Å². The highest BCUT2D eigenvalue weighted by Gasteiger charge is 2.22. The van der Waals surface area contributed by atoms with E-state index < -0.39 is 17.9 Å². The number of carboxylic acids is 1. The van der Waals surface area contributed by atoms with Crippen LogP contribution in [-0.2, 0) is 22.7 Å².